The van der Waals surface area contributed by atoms with Crippen molar-refractivity contribution in [1.82, 2.24) is 4.98 Å². The van der Waals surface area contributed by atoms with Crippen LogP contribution in [0.15, 0.2) is 54.7 Å². The summed E-state index contributed by atoms with van der Waals surface area (Å²) in [5.41, 5.74) is 0.353. The van der Waals surface area contributed by atoms with Crippen LogP contribution in [0, 0.1) is 0 Å². The lowest BCUT2D eigenvalue weighted by molar-refractivity contribution is 0.0841. The van der Waals surface area contributed by atoms with Crippen LogP contribution in [-0.2, 0) is 4.58 Å². The van der Waals surface area contributed by atoms with E-state index in [1.54, 1.807) is 42.5 Å². The first-order valence-corrected chi connectivity index (χ1v) is 5.81. The summed E-state index contributed by atoms with van der Waals surface area (Å²) in [6.07, 6.45) is 1.45. The third kappa shape index (κ3) is 2.42. The normalized spacial score (nSPS) is 14.0. The second-order valence-electron chi connectivity index (χ2n) is 3.48. The largest absolute Gasteiger partial charge is 0.289 e. The second-order valence-corrected chi connectivity index (χ2v) is 4.58. The summed E-state index contributed by atoms with van der Waals surface area (Å²) in [5.74, 6) is -0.656. The predicted octanol–water partition coefficient (Wildman–Crippen LogP) is 3.48. The minimum Gasteiger partial charge on any atom is -0.289 e. The number of benzene rings is 1. The van der Waals surface area contributed by atoms with E-state index in [2.05, 4.69) is 20.9 Å². The Hall–Kier alpha value is -1.55. The van der Waals surface area contributed by atoms with E-state index in [9.17, 15) is 9.18 Å². The number of nitrogens with zero attached hydrogens (tertiary/aromatic N) is 1. The highest BCUT2D eigenvalue weighted by Crippen LogP contribution is 2.35. The fraction of sp³-hybridized carbons (Fsp3) is 0.0769. The standard InChI is InChI=1S/C13H9BrFNO/c14-13(15,11-8-4-5-9-16-11)12(17)10-6-2-1-3-7-10/h1-9H. The molecule has 0 N–H and O–H groups in total. The van der Waals surface area contributed by atoms with E-state index in [0.717, 1.165) is 0 Å². The monoisotopic (exact) mass is 293 g/mol. The van der Waals surface area contributed by atoms with Crippen LogP contribution in [0.5, 0.6) is 0 Å². The molecule has 0 aliphatic rings. The third-order valence-corrected chi connectivity index (χ3v) is 3.07. The summed E-state index contributed by atoms with van der Waals surface area (Å²) in [6.45, 7) is 0. The Bertz CT molecular complexity index is 513. The maximum absolute atomic E-state index is 14.4. The highest BCUT2D eigenvalue weighted by molar-refractivity contribution is 9.10. The average molecular weight is 294 g/mol. The van der Waals surface area contributed by atoms with Crippen molar-refractivity contribution in [3.63, 3.8) is 0 Å². The molecule has 2 rings (SSSR count). The zero-order valence-electron chi connectivity index (χ0n) is 8.81. The van der Waals surface area contributed by atoms with Crippen molar-refractivity contribution < 1.29 is 9.18 Å². The van der Waals surface area contributed by atoms with Crippen molar-refractivity contribution in [2.75, 3.05) is 0 Å². The number of pyridine rings is 1. The van der Waals surface area contributed by atoms with Gasteiger partial charge in [0.2, 0.25) is 5.78 Å². The summed E-state index contributed by atoms with van der Waals surface area (Å²) in [7, 11) is 0. The molecule has 1 aromatic heterocycles. The molecule has 0 radical (unpaired) electrons. The Kier molecular flexibility index (Phi) is 3.33. The maximum atomic E-state index is 14.4. The number of carbonyl (C=O) groups is 1. The van der Waals surface area contributed by atoms with E-state index in [0.29, 0.717) is 5.56 Å². The number of carbonyl (C=O) groups excluding carboxylic acids is 1. The molecule has 0 spiro atoms. The first-order valence-electron chi connectivity index (χ1n) is 5.01. The van der Waals surface area contributed by atoms with Gasteiger partial charge in [-0.25, -0.2) is 4.39 Å². The number of hydrogen-bond acceptors (Lipinski definition) is 2. The molecule has 0 saturated carbocycles. The third-order valence-electron chi connectivity index (χ3n) is 2.31. The summed E-state index contributed by atoms with van der Waals surface area (Å²) in [6, 6.07) is 13.1. The molecule has 1 atom stereocenters. The zero-order chi connectivity index (χ0) is 12.3. The predicted molar refractivity (Wildman–Crippen MR) is 66.7 cm³/mol. The van der Waals surface area contributed by atoms with Crippen LogP contribution in [0.25, 0.3) is 0 Å². The lowest BCUT2D eigenvalue weighted by Crippen LogP contribution is -2.25. The summed E-state index contributed by atoms with van der Waals surface area (Å²) >= 11 is 2.81. The lowest BCUT2D eigenvalue weighted by atomic mass is 10.0. The Morgan fingerprint density at radius 1 is 1.12 bits per heavy atom. The van der Waals surface area contributed by atoms with E-state index < -0.39 is 10.4 Å². The average Bonchev–Trinajstić information content (AvgIpc) is 2.40. The van der Waals surface area contributed by atoms with Gasteiger partial charge in [-0.05, 0) is 28.1 Å². The quantitative estimate of drug-likeness (QED) is 0.641. The molecule has 0 bridgehead atoms. The van der Waals surface area contributed by atoms with Crippen LogP contribution in [-0.4, -0.2) is 10.8 Å². The molecule has 1 heterocycles. The van der Waals surface area contributed by atoms with Gasteiger partial charge in [-0.15, -0.1) is 0 Å². The molecule has 1 unspecified atom stereocenters. The number of halogens is 2. The van der Waals surface area contributed by atoms with Gasteiger partial charge in [-0.2, -0.15) is 0 Å². The van der Waals surface area contributed by atoms with Crippen molar-refractivity contribution in [3.8, 4) is 0 Å². The molecule has 2 nitrogen and oxygen atoms in total. The smallest absolute Gasteiger partial charge is 0.268 e. The van der Waals surface area contributed by atoms with Crippen molar-refractivity contribution in [1.29, 1.82) is 0 Å². The van der Waals surface area contributed by atoms with Gasteiger partial charge in [-0.1, -0.05) is 36.4 Å². The molecular weight excluding hydrogens is 285 g/mol. The van der Waals surface area contributed by atoms with Gasteiger partial charge in [0.15, 0.2) is 0 Å². The molecule has 17 heavy (non-hydrogen) atoms. The highest BCUT2D eigenvalue weighted by atomic mass is 79.9. The fourth-order valence-electron chi connectivity index (χ4n) is 1.44. The first kappa shape index (κ1) is 11.9. The Morgan fingerprint density at radius 2 is 1.76 bits per heavy atom. The van der Waals surface area contributed by atoms with Crippen LogP contribution < -0.4 is 0 Å². The number of rotatable bonds is 3. The van der Waals surface area contributed by atoms with Crippen LogP contribution in [0.2, 0.25) is 0 Å². The molecule has 4 heteroatoms. The van der Waals surface area contributed by atoms with Crippen LogP contribution in [0.3, 0.4) is 0 Å². The van der Waals surface area contributed by atoms with E-state index >= 15 is 0 Å². The molecule has 0 aliphatic carbocycles. The number of ketones is 1. The van der Waals surface area contributed by atoms with Crippen LogP contribution >= 0.6 is 15.9 Å². The number of hydrogen-bond donors (Lipinski definition) is 0. The summed E-state index contributed by atoms with van der Waals surface area (Å²) < 4.78 is 12.1. The minimum atomic E-state index is -2.28. The summed E-state index contributed by atoms with van der Waals surface area (Å²) in [4.78, 5) is 15.9. The first-order chi connectivity index (χ1) is 8.12. The molecule has 0 saturated heterocycles. The number of alkyl halides is 2. The highest BCUT2D eigenvalue weighted by Gasteiger charge is 2.39. The van der Waals surface area contributed by atoms with Gasteiger partial charge in [0.05, 0.1) is 5.69 Å². The van der Waals surface area contributed by atoms with Gasteiger partial charge in [0.25, 0.3) is 4.58 Å². The van der Waals surface area contributed by atoms with E-state index in [4.69, 9.17) is 0 Å². The van der Waals surface area contributed by atoms with E-state index in [1.165, 1.54) is 12.3 Å². The second kappa shape index (κ2) is 4.75. The van der Waals surface area contributed by atoms with Gasteiger partial charge in [0.1, 0.15) is 0 Å². The zero-order valence-corrected chi connectivity index (χ0v) is 10.4. The molecule has 0 fully saturated rings. The number of Topliss-reactive ketones (excluding diaryl/α,β-unsaturated/α-hetero) is 1. The number of aromatic nitrogens is 1. The van der Waals surface area contributed by atoms with E-state index in [1.807, 2.05) is 0 Å². The van der Waals surface area contributed by atoms with Crippen molar-refractivity contribution in [3.05, 3.63) is 66.0 Å². The van der Waals surface area contributed by atoms with Crippen molar-refractivity contribution in [2.45, 2.75) is 4.58 Å². The van der Waals surface area contributed by atoms with Gasteiger partial charge < -0.3 is 0 Å². The molecule has 0 aliphatic heterocycles. The van der Waals surface area contributed by atoms with Crippen molar-refractivity contribution >= 4 is 21.7 Å². The molecule has 86 valence electrons. The molecule has 0 amide bonds. The SMILES string of the molecule is O=C(c1ccccc1)C(F)(Br)c1ccccn1. The Balaban J connectivity index is 2.37. The van der Waals surface area contributed by atoms with E-state index in [-0.39, 0.29) is 5.69 Å². The Morgan fingerprint density at radius 3 is 2.35 bits per heavy atom. The topological polar surface area (TPSA) is 30.0 Å². The minimum absolute atomic E-state index is 0.0499. The van der Waals surface area contributed by atoms with Gasteiger partial charge in [0, 0.05) is 11.8 Å². The molecule has 2 aromatic rings. The van der Waals surface area contributed by atoms with Gasteiger partial charge >= 0.3 is 0 Å². The maximum Gasteiger partial charge on any atom is 0.268 e. The molecule has 1 aromatic carbocycles. The summed E-state index contributed by atoms with van der Waals surface area (Å²) in [5, 5.41) is 0. The fourth-order valence-corrected chi connectivity index (χ4v) is 1.90. The Labute approximate surface area is 107 Å². The molecular formula is C13H9BrFNO. The van der Waals surface area contributed by atoms with Crippen molar-refractivity contribution in [2.24, 2.45) is 0 Å². The van der Waals surface area contributed by atoms with Crippen LogP contribution in [0.1, 0.15) is 16.1 Å². The van der Waals surface area contributed by atoms with Crippen LogP contribution in [0.4, 0.5) is 4.39 Å². The lowest BCUT2D eigenvalue weighted by Gasteiger charge is -2.16. The van der Waals surface area contributed by atoms with Gasteiger partial charge in [-0.3, -0.25) is 9.78 Å².